The third-order valence-electron chi connectivity index (χ3n) is 4.44. The minimum atomic E-state index is -0.717. The molecule has 2 aliphatic heterocycles. The van der Waals surface area contributed by atoms with E-state index in [9.17, 15) is 15.2 Å². The largest absolute Gasteiger partial charge is 0.485 e. The van der Waals surface area contributed by atoms with Crippen LogP contribution in [0.3, 0.4) is 0 Å². The first-order valence-corrected chi connectivity index (χ1v) is 7.29. The van der Waals surface area contributed by atoms with Crippen LogP contribution in [0.15, 0.2) is 18.2 Å². The van der Waals surface area contributed by atoms with Gasteiger partial charge in [-0.15, -0.1) is 0 Å². The van der Waals surface area contributed by atoms with Gasteiger partial charge in [0, 0.05) is 17.7 Å². The molecule has 0 radical (unpaired) electrons. The van der Waals surface area contributed by atoms with E-state index >= 15 is 0 Å². The third kappa shape index (κ3) is 2.38. The number of aliphatic hydroxyl groups excluding tert-OH is 1. The molecule has 6 nitrogen and oxygen atoms in total. The van der Waals surface area contributed by atoms with E-state index in [1.54, 1.807) is 6.07 Å². The van der Waals surface area contributed by atoms with Crippen molar-refractivity contribution in [3.63, 3.8) is 0 Å². The first-order chi connectivity index (χ1) is 9.90. The predicted octanol–water partition coefficient (Wildman–Crippen LogP) is 2.26. The molecule has 1 fully saturated rings. The summed E-state index contributed by atoms with van der Waals surface area (Å²) in [5.41, 5.74) is 0.0440. The number of likely N-dealkylation sites (tertiary alicyclic amines) is 1. The highest BCUT2D eigenvalue weighted by Crippen LogP contribution is 2.44. The highest BCUT2D eigenvalue weighted by molar-refractivity contribution is 5.48. The van der Waals surface area contributed by atoms with Crippen LogP contribution in [0.5, 0.6) is 5.75 Å². The van der Waals surface area contributed by atoms with Crippen molar-refractivity contribution >= 4 is 5.69 Å². The molecule has 0 spiro atoms. The van der Waals surface area contributed by atoms with Gasteiger partial charge in [0.15, 0.2) is 0 Å². The van der Waals surface area contributed by atoms with E-state index in [0.29, 0.717) is 5.75 Å². The number of nitrogens with zero attached hydrogens (tertiary/aromatic N) is 2. The zero-order valence-corrected chi connectivity index (χ0v) is 12.3. The Balaban J connectivity index is 2.08. The smallest absolute Gasteiger partial charge is 0.270 e. The van der Waals surface area contributed by atoms with E-state index < -0.39 is 16.6 Å². The molecule has 1 N–H and O–H groups in total. The van der Waals surface area contributed by atoms with Crippen molar-refractivity contribution in [3.8, 4) is 5.75 Å². The van der Waals surface area contributed by atoms with Gasteiger partial charge in [0.1, 0.15) is 17.5 Å². The topological polar surface area (TPSA) is 75.8 Å². The maximum absolute atomic E-state index is 11.0. The molecule has 2 atom stereocenters. The molecule has 3 rings (SSSR count). The number of hydrogen-bond donors (Lipinski definition) is 1. The van der Waals surface area contributed by atoms with Gasteiger partial charge in [-0.1, -0.05) is 0 Å². The van der Waals surface area contributed by atoms with Crippen LogP contribution >= 0.6 is 0 Å². The van der Waals surface area contributed by atoms with Gasteiger partial charge < -0.3 is 9.84 Å². The Labute approximate surface area is 123 Å². The van der Waals surface area contributed by atoms with Gasteiger partial charge in [0.25, 0.3) is 5.69 Å². The number of fused-ring (bicyclic) bond motifs is 1. The molecule has 0 saturated carbocycles. The molecule has 2 heterocycles. The fraction of sp³-hybridized carbons (Fsp3) is 0.600. The number of benzene rings is 1. The molecule has 0 amide bonds. The highest BCUT2D eigenvalue weighted by atomic mass is 16.6. The molecule has 0 aliphatic carbocycles. The van der Waals surface area contributed by atoms with Gasteiger partial charge >= 0.3 is 0 Å². The summed E-state index contributed by atoms with van der Waals surface area (Å²) in [6, 6.07) is 4.39. The van der Waals surface area contributed by atoms with Gasteiger partial charge in [-0.3, -0.25) is 15.0 Å². The minimum absolute atomic E-state index is 0.0356. The third-order valence-corrected chi connectivity index (χ3v) is 4.44. The van der Waals surface area contributed by atoms with E-state index in [-0.39, 0.29) is 11.7 Å². The quantitative estimate of drug-likeness (QED) is 0.668. The monoisotopic (exact) mass is 292 g/mol. The number of hydrogen-bond acceptors (Lipinski definition) is 5. The normalized spacial score (nSPS) is 28.0. The average Bonchev–Trinajstić information content (AvgIpc) is 2.93. The van der Waals surface area contributed by atoms with Gasteiger partial charge in [-0.25, -0.2) is 0 Å². The molecule has 1 saturated heterocycles. The lowest BCUT2D eigenvalue weighted by molar-refractivity contribution is -0.385. The Morgan fingerprint density at radius 1 is 1.38 bits per heavy atom. The van der Waals surface area contributed by atoms with Crippen LogP contribution in [0.1, 0.15) is 38.3 Å². The van der Waals surface area contributed by atoms with Crippen LogP contribution in [-0.4, -0.2) is 39.7 Å². The van der Waals surface area contributed by atoms with E-state index in [1.165, 1.54) is 12.1 Å². The fourth-order valence-corrected chi connectivity index (χ4v) is 3.28. The molecule has 0 bridgehead atoms. The Hall–Kier alpha value is -1.66. The number of aliphatic hydroxyl groups is 1. The second kappa shape index (κ2) is 4.96. The van der Waals surface area contributed by atoms with E-state index in [4.69, 9.17) is 4.74 Å². The Bertz CT molecular complexity index is 567. The van der Waals surface area contributed by atoms with Crippen LogP contribution < -0.4 is 4.74 Å². The fourth-order valence-electron chi connectivity index (χ4n) is 3.28. The summed E-state index contributed by atoms with van der Waals surface area (Å²) in [6.07, 6.45) is 1.47. The Kier molecular flexibility index (Phi) is 3.37. The lowest BCUT2D eigenvalue weighted by atomic mass is 9.85. The zero-order valence-electron chi connectivity index (χ0n) is 12.3. The lowest BCUT2D eigenvalue weighted by Crippen LogP contribution is -2.53. The molecule has 2 aliphatic rings. The molecule has 114 valence electrons. The van der Waals surface area contributed by atoms with Crippen molar-refractivity contribution in [1.29, 1.82) is 0 Å². The molecule has 1 aromatic rings. The van der Waals surface area contributed by atoms with Crippen LogP contribution in [-0.2, 0) is 0 Å². The second-order valence-electron chi connectivity index (χ2n) is 6.32. The number of rotatable bonds is 2. The maximum atomic E-state index is 11.0. The zero-order chi connectivity index (χ0) is 15.2. The predicted molar refractivity (Wildman–Crippen MR) is 77.4 cm³/mol. The summed E-state index contributed by atoms with van der Waals surface area (Å²) < 4.78 is 5.86. The van der Waals surface area contributed by atoms with E-state index in [2.05, 4.69) is 4.90 Å². The molecular formula is C15H20N2O4. The summed E-state index contributed by atoms with van der Waals surface area (Å²) >= 11 is 0. The molecule has 0 aromatic heterocycles. The van der Waals surface area contributed by atoms with Crippen LogP contribution in [0.4, 0.5) is 5.69 Å². The van der Waals surface area contributed by atoms with Crippen molar-refractivity contribution in [2.75, 3.05) is 13.1 Å². The van der Waals surface area contributed by atoms with Crippen molar-refractivity contribution in [1.82, 2.24) is 4.90 Å². The molecule has 6 heteroatoms. The maximum Gasteiger partial charge on any atom is 0.270 e. The van der Waals surface area contributed by atoms with Gasteiger partial charge in [0.2, 0.25) is 0 Å². The summed E-state index contributed by atoms with van der Waals surface area (Å²) in [5, 5.41) is 21.7. The molecule has 0 unspecified atom stereocenters. The lowest BCUT2D eigenvalue weighted by Gasteiger charge is -2.45. The summed E-state index contributed by atoms with van der Waals surface area (Å²) in [5.74, 6) is 0.632. The molecule has 21 heavy (non-hydrogen) atoms. The molecular weight excluding hydrogens is 272 g/mol. The van der Waals surface area contributed by atoms with Crippen LogP contribution in [0.2, 0.25) is 0 Å². The van der Waals surface area contributed by atoms with Gasteiger partial charge in [-0.05, 0) is 45.8 Å². The first-order valence-electron chi connectivity index (χ1n) is 7.29. The van der Waals surface area contributed by atoms with Gasteiger partial charge in [-0.2, -0.15) is 0 Å². The van der Waals surface area contributed by atoms with Crippen molar-refractivity contribution in [3.05, 3.63) is 33.9 Å². The minimum Gasteiger partial charge on any atom is -0.485 e. The number of non-ortho nitro benzene ring substituents is 1. The van der Waals surface area contributed by atoms with Crippen molar-refractivity contribution < 1.29 is 14.8 Å². The summed E-state index contributed by atoms with van der Waals surface area (Å²) in [6.45, 7) is 5.51. The number of ether oxygens (including phenoxy) is 1. The van der Waals surface area contributed by atoms with Crippen LogP contribution in [0.25, 0.3) is 0 Å². The highest BCUT2D eigenvalue weighted by Gasteiger charge is 2.46. The second-order valence-corrected chi connectivity index (χ2v) is 6.32. The van der Waals surface area contributed by atoms with E-state index in [0.717, 1.165) is 31.5 Å². The number of nitro groups is 1. The summed E-state index contributed by atoms with van der Waals surface area (Å²) in [4.78, 5) is 12.8. The number of nitro benzene ring substituents is 1. The average molecular weight is 292 g/mol. The van der Waals surface area contributed by atoms with Crippen molar-refractivity contribution in [2.24, 2.45) is 0 Å². The molecule has 1 aromatic carbocycles. The van der Waals surface area contributed by atoms with Gasteiger partial charge in [0.05, 0.1) is 11.0 Å². The van der Waals surface area contributed by atoms with Crippen molar-refractivity contribution in [2.45, 2.75) is 44.4 Å². The SMILES string of the molecule is CC1(C)Oc2ccc([N+](=O)[O-])cc2[C@H](N2CCCC2)[C@H]1O. The summed E-state index contributed by atoms with van der Waals surface area (Å²) in [7, 11) is 0. The van der Waals surface area contributed by atoms with Crippen LogP contribution in [0, 0.1) is 10.1 Å². The first kappa shape index (κ1) is 14.3. The standard InChI is InChI=1S/C15H20N2O4/c1-15(2)14(18)13(16-7-3-4-8-16)11-9-10(17(19)20)5-6-12(11)21-15/h5-6,9,13-14,18H,3-4,7-8H2,1-2H3/t13-,14+/m0/s1. The Morgan fingerprint density at radius 3 is 2.67 bits per heavy atom. The Morgan fingerprint density at radius 2 is 2.05 bits per heavy atom. The van der Waals surface area contributed by atoms with E-state index in [1.807, 2.05) is 13.8 Å².